The molecular formula is C14H11ClN2OS. The Hall–Kier alpha value is -1.78. The number of anilines is 1. The number of nitrogens with zero attached hydrogens (tertiary/aromatic N) is 1. The molecule has 1 aromatic carbocycles. The third-order valence-corrected chi connectivity index (χ3v) is 3.93. The maximum atomic E-state index is 5.89. The molecule has 19 heavy (non-hydrogen) atoms. The van der Waals surface area contributed by atoms with Crippen molar-refractivity contribution >= 4 is 28.6 Å². The highest BCUT2D eigenvalue weighted by atomic mass is 35.5. The van der Waals surface area contributed by atoms with Crippen LogP contribution in [0.3, 0.4) is 0 Å². The number of halogens is 1. The average Bonchev–Trinajstić information content (AvgIpc) is 3.08. The summed E-state index contributed by atoms with van der Waals surface area (Å²) in [5.74, 6) is 0.775. The maximum absolute atomic E-state index is 5.89. The molecule has 0 aliphatic heterocycles. The molecule has 2 heterocycles. The minimum Gasteiger partial charge on any atom is -0.444 e. The Morgan fingerprint density at radius 2 is 2.00 bits per heavy atom. The van der Waals surface area contributed by atoms with Gasteiger partial charge >= 0.3 is 0 Å². The summed E-state index contributed by atoms with van der Waals surface area (Å²) in [5.41, 5.74) is 2.08. The van der Waals surface area contributed by atoms with Crippen LogP contribution in [-0.2, 0) is 6.54 Å². The third kappa shape index (κ3) is 2.97. The van der Waals surface area contributed by atoms with Gasteiger partial charge < -0.3 is 9.73 Å². The molecule has 3 aromatic rings. The van der Waals surface area contributed by atoms with Crippen molar-refractivity contribution in [2.45, 2.75) is 6.54 Å². The van der Waals surface area contributed by atoms with E-state index < -0.39 is 0 Å². The molecule has 3 rings (SSSR count). The smallest absolute Gasteiger partial charge is 0.181 e. The number of thiophene rings is 1. The van der Waals surface area contributed by atoms with E-state index in [4.69, 9.17) is 16.0 Å². The number of nitrogens with one attached hydrogen (secondary N) is 1. The van der Waals surface area contributed by atoms with Gasteiger partial charge in [0.05, 0.1) is 10.5 Å². The van der Waals surface area contributed by atoms with E-state index in [0.29, 0.717) is 0 Å². The second kappa shape index (κ2) is 5.47. The molecule has 0 aliphatic rings. The molecule has 0 bridgehead atoms. The zero-order chi connectivity index (χ0) is 13.1. The fourth-order valence-corrected chi connectivity index (χ4v) is 2.77. The summed E-state index contributed by atoms with van der Waals surface area (Å²) in [6.07, 6.45) is 3.14. The van der Waals surface area contributed by atoms with Crippen molar-refractivity contribution in [3.05, 3.63) is 58.2 Å². The van der Waals surface area contributed by atoms with Crippen LogP contribution in [0.5, 0.6) is 0 Å². The monoisotopic (exact) mass is 290 g/mol. The van der Waals surface area contributed by atoms with Crippen molar-refractivity contribution in [2.24, 2.45) is 0 Å². The van der Waals surface area contributed by atoms with Crippen LogP contribution >= 0.6 is 22.9 Å². The summed E-state index contributed by atoms with van der Waals surface area (Å²) in [6.45, 7) is 0.777. The molecule has 0 unspecified atom stereocenters. The third-order valence-electron chi connectivity index (χ3n) is 2.70. The molecule has 0 spiro atoms. The molecule has 0 aliphatic carbocycles. The lowest BCUT2D eigenvalue weighted by molar-refractivity contribution is 0.572. The van der Waals surface area contributed by atoms with E-state index >= 15 is 0 Å². The highest BCUT2D eigenvalue weighted by Crippen LogP contribution is 2.24. The van der Waals surface area contributed by atoms with Crippen LogP contribution in [0.25, 0.3) is 11.3 Å². The van der Waals surface area contributed by atoms with E-state index in [2.05, 4.69) is 10.3 Å². The quantitative estimate of drug-likeness (QED) is 0.759. The molecule has 0 fully saturated rings. The van der Waals surface area contributed by atoms with Crippen molar-refractivity contribution in [3.63, 3.8) is 0 Å². The highest BCUT2D eigenvalue weighted by Gasteiger charge is 2.02. The van der Waals surface area contributed by atoms with E-state index in [0.717, 1.165) is 27.9 Å². The van der Waals surface area contributed by atoms with Crippen LogP contribution in [0.4, 0.5) is 5.69 Å². The lowest BCUT2D eigenvalue weighted by Gasteiger charge is -2.05. The largest absolute Gasteiger partial charge is 0.444 e. The number of rotatable bonds is 4. The van der Waals surface area contributed by atoms with Gasteiger partial charge in [0.2, 0.25) is 0 Å². The predicted octanol–water partition coefficient (Wildman–Crippen LogP) is 4.67. The molecule has 0 saturated carbocycles. The summed E-state index contributed by atoms with van der Waals surface area (Å²) < 4.78 is 6.06. The molecular weight excluding hydrogens is 280 g/mol. The minimum atomic E-state index is 0.775. The van der Waals surface area contributed by atoms with Gasteiger partial charge in [-0.15, -0.1) is 11.3 Å². The second-order valence-corrected chi connectivity index (χ2v) is 5.80. The Kier molecular flexibility index (Phi) is 3.53. The number of hydrogen-bond acceptors (Lipinski definition) is 4. The number of aromatic nitrogens is 1. The number of oxazole rings is 1. The Balaban J connectivity index is 1.66. The van der Waals surface area contributed by atoms with Gasteiger partial charge in [0.15, 0.2) is 12.2 Å². The molecule has 5 heteroatoms. The van der Waals surface area contributed by atoms with Crippen LogP contribution in [0.1, 0.15) is 4.88 Å². The fourth-order valence-electron chi connectivity index (χ4n) is 1.75. The van der Waals surface area contributed by atoms with E-state index in [1.54, 1.807) is 17.5 Å². The van der Waals surface area contributed by atoms with Crippen LogP contribution in [0, 0.1) is 0 Å². The van der Waals surface area contributed by atoms with E-state index in [-0.39, 0.29) is 0 Å². The zero-order valence-electron chi connectivity index (χ0n) is 9.97. The van der Waals surface area contributed by atoms with Crippen LogP contribution in [-0.4, -0.2) is 4.98 Å². The Bertz CT molecular complexity index is 646. The maximum Gasteiger partial charge on any atom is 0.181 e. The number of hydrogen-bond donors (Lipinski definition) is 1. The molecule has 3 nitrogen and oxygen atoms in total. The van der Waals surface area contributed by atoms with Gasteiger partial charge in [-0.3, -0.25) is 0 Å². The SMILES string of the molecule is Clc1ccc(CNc2ccc(-c3cnco3)cc2)s1. The molecule has 2 aromatic heterocycles. The van der Waals surface area contributed by atoms with Gasteiger partial charge in [0.1, 0.15) is 0 Å². The zero-order valence-corrected chi connectivity index (χ0v) is 11.5. The molecule has 0 amide bonds. The first-order chi connectivity index (χ1) is 9.31. The van der Waals surface area contributed by atoms with Gasteiger partial charge in [-0.05, 0) is 36.4 Å². The predicted molar refractivity (Wildman–Crippen MR) is 78.6 cm³/mol. The van der Waals surface area contributed by atoms with E-state index in [9.17, 15) is 0 Å². The van der Waals surface area contributed by atoms with Crippen molar-refractivity contribution < 1.29 is 4.42 Å². The van der Waals surface area contributed by atoms with Gasteiger partial charge in [0, 0.05) is 22.7 Å². The average molecular weight is 291 g/mol. The van der Waals surface area contributed by atoms with Gasteiger partial charge in [-0.25, -0.2) is 4.98 Å². The summed E-state index contributed by atoms with van der Waals surface area (Å²) in [6, 6.07) is 12.0. The van der Waals surface area contributed by atoms with Gasteiger partial charge in [-0.2, -0.15) is 0 Å². The number of benzene rings is 1. The van der Waals surface area contributed by atoms with E-state index in [1.807, 2.05) is 36.4 Å². The van der Waals surface area contributed by atoms with Crippen molar-refractivity contribution in [1.29, 1.82) is 0 Å². The lowest BCUT2D eigenvalue weighted by Crippen LogP contribution is -1.96. The van der Waals surface area contributed by atoms with Gasteiger partial charge in [-0.1, -0.05) is 11.6 Å². The van der Waals surface area contributed by atoms with Crippen LogP contribution in [0.15, 0.2) is 53.4 Å². The van der Waals surface area contributed by atoms with Crippen LogP contribution in [0.2, 0.25) is 4.34 Å². The topological polar surface area (TPSA) is 38.1 Å². The Morgan fingerprint density at radius 1 is 1.16 bits per heavy atom. The minimum absolute atomic E-state index is 0.775. The normalized spacial score (nSPS) is 10.6. The Morgan fingerprint density at radius 3 is 2.63 bits per heavy atom. The molecule has 96 valence electrons. The lowest BCUT2D eigenvalue weighted by atomic mass is 10.2. The van der Waals surface area contributed by atoms with Crippen molar-refractivity contribution in [3.8, 4) is 11.3 Å². The fraction of sp³-hybridized carbons (Fsp3) is 0.0714. The summed E-state index contributed by atoms with van der Waals surface area (Å²) >= 11 is 7.48. The Labute approximate surface area is 119 Å². The summed E-state index contributed by atoms with van der Waals surface area (Å²) in [5, 5.41) is 3.35. The molecule has 0 atom stereocenters. The second-order valence-electron chi connectivity index (χ2n) is 4.00. The molecule has 0 radical (unpaired) electrons. The van der Waals surface area contributed by atoms with Gasteiger partial charge in [0.25, 0.3) is 0 Å². The summed E-state index contributed by atoms with van der Waals surface area (Å²) in [7, 11) is 0. The van der Waals surface area contributed by atoms with Crippen LogP contribution < -0.4 is 5.32 Å². The first kappa shape index (κ1) is 12.3. The molecule has 1 N–H and O–H groups in total. The molecule has 0 saturated heterocycles. The van der Waals surface area contributed by atoms with Crippen molar-refractivity contribution in [2.75, 3.05) is 5.32 Å². The van der Waals surface area contributed by atoms with E-state index in [1.165, 1.54) is 11.3 Å². The first-order valence-corrected chi connectivity index (χ1v) is 6.98. The highest BCUT2D eigenvalue weighted by molar-refractivity contribution is 7.16. The summed E-state index contributed by atoms with van der Waals surface area (Å²) in [4.78, 5) is 5.12. The van der Waals surface area contributed by atoms with Crippen molar-refractivity contribution in [1.82, 2.24) is 4.98 Å². The first-order valence-electron chi connectivity index (χ1n) is 5.78. The standard InChI is InChI=1S/C14H11ClN2OS/c15-14-6-5-12(19-14)7-17-11-3-1-10(2-4-11)13-8-16-9-18-13/h1-6,8-9,17H,7H2.